The van der Waals surface area contributed by atoms with Crippen molar-refractivity contribution in [3.8, 4) is 0 Å². The summed E-state index contributed by atoms with van der Waals surface area (Å²) in [4.78, 5) is 5.42. The second-order valence-electron chi connectivity index (χ2n) is 3.83. The molecule has 3 aromatic rings. The first-order chi connectivity index (χ1) is 8.74. The molecule has 0 radical (unpaired) electrons. The van der Waals surface area contributed by atoms with E-state index in [9.17, 15) is 0 Å². The lowest BCUT2D eigenvalue weighted by atomic mass is 10.1. The number of aryl methyl sites for hydroxylation is 1. The van der Waals surface area contributed by atoms with Crippen molar-refractivity contribution in [1.82, 2.24) is 15.2 Å². The second kappa shape index (κ2) is 4.55. The number of hydrogen-bond acceptors (Lipinski definition) is 6. The number of hydrogen-bond donors (Lipinski definition) is 1. The van der Waals surface area contributed by atoms with E-state index in [1.54, 1.807) is 17.3 Å². The molecule has 0 aliphatic rings. The van der Waals surface area contributed by atoms with Gasteiger partial charge in [-0.1, -0.05) is 23.1 Å². The maximum Gasteiger partial charge on any atom is 0.178 e. The van der Waals surface area contributed by atoms with Crippen molar-refractivity contribution >= 4 is 39.6 Å². The number of aromatic nitrogens is 3. The Morgan fingerprint density at radius 3 is 2.94 bits per heavy atom. The smallest absolute Gasteiger partial charge is 0.178 e. The molecule has 0 bridgehead atoms. The molecule has 0 spiro atoms. The quantitative estimate of drug-likeness (QED) is 0.727. The van der Waals surface area contributed by atoms with Crippen molar-refractivity contribution in [2.45, 2.75) is 16.2 Å². The number of rotatable bonds is 2. The van der Waals surface area contributed by atoms with E-state index in [2.05, 4.69) is 21.2 Å². The Kier molecular flexibility index (Phi) is 2.89. The molecule has 2 aromatic heterocycles. The number of nitrogens with zero attached hydrogens (tertiary/aromatic N) is 3. The molecule has 0 fully saturated rings. The van der Waals surface area contributed by atoms with Crippen LogP contribution in [0.4, 0.5) is 5.69 Å². The molecule has 2 heterocycles. The summed E-state index contributed by atoms with van der Waals surface area (Å²) >= 11 is 3.13. The first-order valence-electron chi connectivity index (χ1n) is 5.33. The summed E-state index contributed by atoms with van der Waals surface area (Å²) < 4.78 is 0.926. The molecule has 0 unspecified atom stereocenters. The van der Waals surface area contributed by atoms with Crippen LogP contribution in [0.1, 0.15) is 5.69 Å². The van der Waals surface area contributed by atoms with Gasteiger partial charge in [0.2, 0.25) is 0 Å². The lowest BCUT2D eigenvalue weighted by molar-refractivity contribution is 1.01. The Balaban J connectivity index is 2.17. The Labute approximate surface area is 112 Å². The molecular formula is C12H10N4S2. The molecule has 1 aromatic carbocycles. The van der Waals surface area contributed by atoms with Gasteiger partial charge in [-0.3, -0.25) is 4.98 Å². The fourth-order valence-electron chi connectivity index (χ4n) is 1.73. The normalized spacial score (nSPS) is 10.9. The fourth-order valence-corrected chi connectivity index (χ4v) is 3.29. The van der Waals surface area contributed by atoms with Gasteiger partial charge in [-0.05, 0) is 25.1 Å². The summed E-state index contributed by atoms with van der Waals surface area (Å²) in [6.07, 6.45) is 1.82. The maximum atomic E-state index is 5.97. The van der Waals surface area contributed by atoms with E-state index in [-0.39, 0.29) is 0 Å². The fraction of sp³-hybridized carbons (Fsp3) is 0.0833. The molecule has 18 heavy (non-hydrogen) atoms. The van der Waals surface area contributed by atoms with Crippen LogP contribution in [-0.2, 0) is 0 Å². The van der Waals surface area contributed by atoms with Crippen LogP contribution in [0.5, 0.6) is 0 Å². The summed E-state index contributed by atoms with van der Waals surface area (Å²) in [5.41, 5.74) is 9.43. The molecular weight excluding hydrogens is 264 g/mol. The van der Waals surface area contributed by atoms with Crippen LogP contribution < -0.4 is 5.73 Å². The van der Waals surface area contributed by atoms with E-state index in [0.717, 1.165) is 31.4 Å². The molecule has 90 valence electrons. The van der Waals surface area contributed by atoms with Crippen LogP contribution >= 0.6 is 23.1 Å². The Bertz CT molecular complexity index is 695. The summed E-state index contributed by atoms with van der Waals surface area (Å²) in [6.45, 7) is 1.97. The van der Waals surface area contributed by atoms with E-state index in [1.807, 2.05) is 25.3 Å². The average molecular weight is 274 g/mol. The van der Waals surface area contributed by atoms with Crippen molar-refractivity contribution in [3.63, 3.8) is 0 Å². The number of pyridine rings is 1. The van der Waals surface area contributed by atoms with Gasteiger partial charge in [0.25, 0.3) is 0 Å². The third-order valence-electron chi connectivity index (χ3n) is 2.57. The average Bonchev–Trinajstić information content (AvgIpc) is 2.86. The predicted octanol–water partition coefficient (Wildman–Crippen LogP) is 3.13. The zero-order valence-electron chi connectivity index (χ0n) is 9.62. The Hall–Kier alpha value is -1.66. The standard InChI is InChI=1S/C12H10N4S2/c1-7-4-8-9(5-14-7)10(13)2-3-11(8)18-12-16-15-6-17-12/h2-6H,13H2,1H3. The molecule has 3 rings (SSSR count). The monoisotopic (exact) mass is 274 g/mol. The van der Waals surface area contributed by atoms with Crippen molar-refractivity contribution in [1.29, 1.82) is 0 Å². The second-order valence-corrected chi connectivity index (χ2v) is 5.95. The minimum absolute atomic E-state index is 0.749. The largest absolute Gasteiger partial charge is 0.398 e. The minimum atomic E-state index is 0.749. The van der Waals surface area contributed by atoms with Crippen LogP contribution in [-0.4, -0.2) is 15.2 Å². The summed E-state index contributed by atoms with van der Waals surface area (Å²) in [5.74, 6) is 0. The number of fused-ring (bicyclic) bond motifs is 1. The van der Waals surface area contributed by atoms with Gasteiger partial charge in [0.15, 0.2) is 4.34 Å². The molecule has 6 heteroatoms. The molecule has 2 N–H and O–H groups in total. The number of nitrogen functional groups attached to an aromatic ring is 1. The van der Waals surface area contributed by atoms with Gasteiger partial charge in [0, 0.05) is 33.2 Å². The summed E-state index contributed by atoms with van der Waals surface area (Å²) in [5, 5.41) is 9.99. The highest BCUT2D eigenvalue weighted by atomic mass is 32.2. The van der Waals surface area contributed by atoms with Crippen molar-refractivity contribution < 1.29 is 0 Å². The molecule has 4 nitrogen and oxygen atoms in total. The Morgan fingerprint density at radius 2 is 2.17 bits per heavy atom. The van der Waals surface area contributed by atoms with Crippen LogP contribution in [0.3, 0.4) is 0 Å². The zero-order valence-corrected chi connectivity index (χ0v) is 11.3. The number of anilines is 1. The number of nitrogens with two attached hydrogens (primary N) is 1. The summed E-state index contributed by atoms with van der Waals surface area (Å²) in [7, 11) is 0. The highest BCUT2D eigenvalue weighted by Crippen LogP contribution is 2.36. The van der Waals surface area contributed by atoms with E-state index >= 15 is 0 Å². The highest BCUT2D eigenvalue weighted by molar-refractivity contribution is 8.01. The predicted molar refractivity (Wildman–Crippen MR) is 74.9 cm³/mol. The van der Waals surface area contributed by atoms with Gasteiger partial charge < -0.3 is 5.73 Å². The first-order valence-corrected chi connectivity index (χ1v) is 7.02. The third-order valence-corrected chi connectivity index (χ3v) is 4.42. The molecule has 0 amide bonds. The maximum absolute atomic E-state index is 5.97. The molecule has 0 aliphatic heterocycles. The van der Waals surface area contributed by atoms with Crippen molar-refractivity contribution in [2.24, 2.45) is 0 Å². The van der Waals surface area contributed by atoms with Gasteiger partial charge in [0.05, 0.1) is 0 Å². The summed E-state index contributed by atoms with van der Waals surface area (Å²) in [6, 6.07) is 5.97. The number of benzene rings is 1. The van der Waals surface area contributed by atoms with E-state index in [0.29, 0.717) is 0 Å². The lowest BCUT2D eigenvalue weighted by Gasteiger charge is -2.07. The van der Waals surface area contributed by atoms with E-state index in [1.165, 1.54) is 11.3 Å². The van der Waals surface area contributed by atoms with Gasteiger partial charge in [-0.2, -0.15) is 0 Å². The molecule has 0 aliphatic carbocycles. The van der Waals surface area contributed by atoms with Gasteiger partial charge in [-0.15, -0.1) is 10.2 Å². The first kappa shape index (κ1) is 11.4. The van der Waals surface area contributed by atoms with E-state index in [4.69, 9.17) is 5.73 Å². The minimum Gasteiger partial charge on any atom is -0.398 e. The van der Waals surface area contributed by atoms with Crippen LogP contribution in [0.2, 0.25) is 0 Å². The molecule has 0 saturated carbocycles. The lowest BCUT2D eigenvalue weighted by Crippen LogP contribution is -1.90. The third kappa shape index (κ3) is 2.04. The molecule has 0 atom stereocenters. The topological polar surface area (TPSA) is 64.7 Å². The van der Waals surface area contributed by atoms with Crippen LogP contribution in [0.25, 0.3) is 10.8 Å². The SMILES string of the molecule is Cc1cc2c(Sc3nncs3)ccc(N)c2cn1. The van der Waals surface area contributed by atoms with Gasteiger partial charge in [0.1, 0.15) is 5.51 Å². The Morgan fingerprint density at radius 1 is 1.28 bits per heavy atom. The highest BCUT2D eigenvalue weighted by Gasteiger charge is 2.08. The van der Waals surface area contributed by atoms with Crippen LogP contribution in [0.15, 0.2) is 39.1 Å². The van der Waals surface area contributed by atoms with E-state index < -0.39 is 0 Å². The van der Waals surface area contributed by atoms with Crippen molar-refractivity contribution in [2.75, 3.05) is 5.73 Å². The zero-order chi connectivity index (χ0) is 12.5. The van der Waals surface area contributed by atoms with Crippen LogP contribution in [0, 0.1) is 6.92 Å². The van der Waals surface area contributed by atoms with Gasteiger partial charge >= 0.3 is 0 Å². The van der Waals surface area contributed by atoms with Gasteiger partial charge in [-0.25, -0.2) is 0 Å². The molecule has 0 saturated heterocycles. The van der Waals surface area contributed by atoms with Crippen molar-refractivity contribution in [3.05, 3.63) is 35.6 Å².